The largest absolute Gasteiger partial charge is 0.456 e. The van der Waals surface area contributed by atoms with Crippen LogP contribution in [0.1, 0.15) is 17.5 Å². The lowest BCUT2D eigenvalue weighted by Crippen LogP contribution is -2.36. The van der Waals surface area contributed by atoms with Crippen molar-refractivity contribution in [2.24, 2.45) is 0 Å². The normalized spacial score (nSPS) is 13.3. The lowest BCUT2D eigenvalue weighted by atomic mass is 10.1. The fourth-order valence-electron chi connectivity index (χ4n) is 3.17. The van der Waals surface area contributed by atoms with Gasteiger partial charge in [0, 0.05) is 31.9 Å². The molecule has 0 saturated carbocycles. The van der Waals surface area contributed by atoms with E-state index in [1.54, 1.807) is 9.80 Å². The number of esters is 1. The number of carbonyl (C=O) groups excluding carboxylic acids is 3. The predicted molar refractivity (Wildman–Crippen MR) is 117 cm³/mol. The molecule has 3 rings (SSSR count). The van der Waals surface area contributed by atoms with Crippen LogP contribution in [0.3, 0.4) is 0 Å². The van der Waals surface area contributed by atoms with Gasteiger partial charge < -0.3 is 14.5 Å². The molecular formula is C23H26N2O4S. The third-order valence-corrected chi connectivity index (χ3v) is 5.76. The van der Waals surface area contributed by atoms with Crippen LogP contribution in [0.4, 0.5) is 4.79 Å². The molecule has 0 N–H and O–H groups in total. The third-order valence-electron chi connectivity index (χ3n) is 4.87. The predicted octanol–water partition coefficient (Wildman–Crippen LogP) is 3.36. The highest BCUT2D eigenvalue weighted by Crippen LogP contribution is 2.17. The molecule has 0 spiro atoms. The van der Waals surface area contributed by atoms with Crippen LogP contribution in [0.25, 0.3) is 0 Å². The van der Waals surface area contributed by atoms with Crippen molar-refractivity contribution < 1.29 is 19.1 Å². The van der Waals surface area contributed by atoms with E-state index in [1.807, 2.05) is 60.7 Å². The van der Waals surface area contributed by atoms with E-state index in [0.29, 0.717) is 26.2 Å². The van der Waals surface area contributed by atoms with Crippen molar-refractivity contribution in [1.82, 2.24) is 9.80 Å². The summed E-state index contributed by atoms with van der Waals surface area (Å²) in [5.41, 5.74) is 2.17. The van der Waals surface area contributed by atoms with Gasteiger partial charge in [0.25, 0.3) is 11.1 Å². The summed E-state index contributed by atoms with van der Waals surface area (Å²) in [6, 6.07) is 19.7. The van der Waals surface area contributed by atoms with Crippen LogP contribution in [0.5, 0.6) is 0 Å². The van der Waals surface area contributed by atoms with Crippen LogP contribution in [0.2, 0.25) is 0 Å². The van der Waals surface area contributed by atoms with Crippen molar-refractivity contribution >= 4 is 28.9 Å². The van der Waals surface area contributed by atoms with E-state index in [4.69, 9.17) is 4.74 Å². The Kier molecular flexibility index (Phi) is 8.32. The summed E-state index contributed by atoms with van der Waals surface area (Å²) in [7, 11) is 0. The average Bonchev–Trinajstić information content (AvgIpc) is 3.19. The molecule has 0 aromatic heterocycles. The maximum atomic E-state index is 12.8. The van der Waals surface area contributed by atoms with Crippen LogP contribution < -0.4 is 0 Å². The van der Waals surface area contributed by atoms with Crippen molar-refractivity contribution in [3.8, 4) is 0 Å². The average molecular weight is 427 g/mol. The van der Waals surface area contributed by atoms with Crippen LogP contribution in [0.15, 0.2) is 60.7 Å². The Morgan fingerprint density at radius 2 is 1.67 bits per heavy atom. The van der Waals surface area contributed by atoms with Gasteiger partial charge in [-0.15, -0.1) is 0 Å². The minimum Gasteiger partial charge on any atom is -0.456 e. The van der Waals surface area contributed by atoms with Crippen LogP contribution in [0, 0.1) is 0 Å². The summed E-state index contributed by atoms with van der Waals surface area (Å²) < 4.78 is 5.19. The molecule has 6 nitrogen and oxygen atoms in total. The number of nitrogens with zero attached hydrogens (tertiary/aromatic N) is 2. The molecule has 1 fully saturated rings. The highest BCUT2D eigenvalue weighted by Gasteiger charge is 2.22. The summed E-state index contributed by atoms with van der Waals surface area (Å²) in [6.07, 6.45) is 0.824. The number of hydrogen-bond acceptors (Lipinski definition) is 5. The zero-order chi connectivity index (χ0) is 21.2. The van der Waals surface area contributed by atoms with E-state index in [2.05, 4.69) is 0 Å². The van der Waals surface area contributed by atoms with Crippen LogP contribution >= 0.6 is 11.8 Å². The molecule has 0 atom stereocenters. The monoisotopic (exact) mass is 426 g/mol. The minimum absolute atomic E-state index is 0.00572. The maximum absolute atomic E-state index is 12.8. The van der Waals surface area contributed by atoms with Crippen molar-refractivity contribution in [1.29, 1.82) is 0 Å². The molecule has 1 heterocycles. The Labute approximate surface area is 181 Å². The van der Waals surface area contributed by atoms with Gasteiger partial charge in [-0.1, -0.05) is 72.4 Å². The van der Waals surface area contributed by atoms with Crippen molar-refractivity contribution in [3.63, 3.8) is 0 Å². The molecule has 0 bridgehead atoms. The van der Waals surface area contributed by atoms with Gasteiger partial charge >= 0.3 is 5.97 Å². The third kappa shape index (κ3) is 6.91. The Bertz CT molecular complexity index is 845. The molecule has 1 aliphatic rings. The van der Waals surface area contributed by atoms with Gasteiger partial charge in [0.1, 0.15) is 0 Å². The smallest absolute Gasteiger partial charge is 0.308 e. The summed E-state index contributed by atoms with van der Waals surface area (Å²) >= 11 is 1.26. The van der Waals surface area contributed by atoms with Gasteiger partial charge in [-0.3, -0.25) is 14.4 Å². The maximum Gasteiger partial charge on any atom is 0.308 e. The number of rotatable bonds is 10. The first-order valence-electron chi connectivity index (χ1n) is 10.0. The number of thioether (sulfide) groups is 1. The van der Waals surface area contributed by atoms with Gasteiger partial charge in [-0.25, -0.2) is 0 Å². The Hall–Kier alpha value is -2.80. The molecule has 2 amide bonds. The lowest BCUT2D eigenvalue weighted by Gasteiger charge is -2.23. The summed E-state index contributed by atoms with van der Waals surface area (Å²) in [6.45, 7) is 1.70. The molecule has 158 valence electrons. The fourth-order valence-corrected chi connectivity index (χ4v) is 4.02. The number of benzene rings is 2. The van der Waals surface area contributed by atoms with E-state index in [1.165, 1.54) is 11.8 Å². The van der Waals surface area contributed by atoms with Crippen LogP contribution in [-0.4, -0.2) is 58.9 Å². The Morgan fingerprint density at radius 3 is 2.30 bits per heavy atom. The second kappa shape index (κ2) is 11.4. The number of amides is 2. The lowest BCUT2D eigenvalue weighted by molar-refractivity contribution is -0.152. The first kappa shape index (κ1) is 21.9. The molecule has 0 radical (unpaired) electrons. The number of hydrogen-bond donors (Lipinski definition) is 0. The fraction of sp³-hybridized carbons (Fsp3) is 0.348. The minimum atomic E-state index is -0.462. The first-order valence-corrected chi connectivity index (χ1v) is 11.0. The first-order chi connectivity index (χ1) is 14.6. The Balaban J connectivity index is 1.51. The zero-order valence-corrected chi connectivity index (χ0v) is 17.7. The molecule has 2 aromatic carbocycles. The van der Waals surface area contributed by atoms with Crippen molar-refractivity contribution in [3.05, 3.63) is 71.8 Å². The second-order valence-corrected chi connectivity index (χ2v) is 8.09. The quantitative estimate of drug-likeness (QED) is 0.545. The molecule has 0 aliphatic carbocycles. The van der Waals surface area contributed by atoms with E-state index in [0.717, 1.165) is 23.3 Å². The van der Waals surface area contributed by atoms with Crippen molar-refractivity contribution in [2.75, 3.05) is 32.0 Å². The Morgan fingerprint density at radius 1 is 1.00 bits per heavy atom. The molecular weight excluding hydrogens is 400 g/mol. The van der Waals surface area contributed by atoms with Gasteiger partial charge in [0.2, 0.25) is 0 Å². The van der Waals surface area contributed by atoms with E-state index in [9.17, 15) is 14.4 Å². The summed E-state index contributed by atoms with van der Waals surface area (Å²) in [4.78, 5) is 39.7. The van der Waals surface area contributed by atoms with E-state index in [-0.39, 0.29) is 24.2 Å². The highest BCUT2D eigenvalue weighted by atomic mass is 32.2. The molecule has 7 heteroatoms. The van der Waals surface area contributed by atoms with Gasteiger partial charge in [-0.2, -0.15) is 0 Å². The van der Waals surface area contributed by atoms with E-state index < -0.39 is 5.97 Å². The number of carbonyl (C=O) groups is 3. The highest BCUT2D eigenvalue weighted by molar-refractivity contribution is 8.13. The van der Waals surface area contributed by atoms with Gasteiger partial charge in [0.15, 0.2) is 6.61 Å². The molecule has 1 aliphatic heterocycles. The summed E-state index contributed by atoms with van der Waals surface area (Å²) in [5.74, 6) is 0.0640. The molecule has 0 unspecified atom stereocenters. The zero-order valence-electron chi connectivity index (χ0n) is 16.9. The standard InChI is InChI=1S/C23H26N2O4S/c26-21(18-29-22(27)12-14-24-15-16-30-23(24)28)25(17-20-9-5-2-6-10-20)13-11-19-7-3-1-4-8-19/h1-10H,11-18H2. The van der Waals surface area contributed by atoms with E-state index >= 15 is 0 Å². The summed E-state index contributed by atoms with van der Waals surface area (Å²) in [5, 5.41) is -0.00572. The molecule has 2 aromatic rings. The SMILES string of the molecule is O=C(CCN1CCSC1=O)OCC(=O)N(CCc1ccccc1)Cc1ccccc1. The van der Waals surface area contributed by atoms with Gasteiger partial charge in [-0.05, 0) is 17.5 Å². The topological polar surface area (TPSA) is 66.9 Å². The van der Waals surface area contributed by atoms with Crippen LogP contribution in [-0.2, 0) is 27.3 Å². The van der Waals surface area contributed by atoms with Gasteiger partial charge in [0.05, 0.1) is 6.42 Å². The molecule has 1 saturated heterocycles. The van der Waals surface area contributed by atoms with Crippen molar-refractivity contribution in [2.45, 2.75) is 19.4 Å². The molecule has 30 heavy (non-hydrogen) atoms. The number of ether oxygens (including phenoxy) is 1. The second-order valence-electron chi connectivity index (χ2n) is 7.05.